The van der Waals surface area contributed by atoms with E-state index in [4.69, 9.17) is 10.8 Å². The van der Waals surface area contributed by atoms with Crippen LogP contribution in [0.1, 0.15) is 12.8 Å². The first-order valence-corrected chi connectivity index (χ1v) is 2.83. The number of aliphatic hydroxyl groups is 1. The van der Waals surface area contributed by atoms with Gasteiger partial charge >= 0.3 is 0 Å². The van der Waals surface area contributed by atoms with Crippen molar-refractivity contribution < 1.29 is 5.11 Å². The number of hydrogen-bond donors (Lipinski definition) is 2. The Labute approximate surface area is 49.0 Å². The highest BCUT2D eigenvalue weighted by Crippen LogP contribution is 2.29. The number of hydrogen-bond acceptors (Lipinski definition) is 2. The molecule has 0 aromatic rings. The summed E-state index contributed by atoms with van der Waals surface area (Å²) in [5.74, 6) is 0.594. The van der Waals surface area contributed by atoms with Crippen LogP contribution in [0.15, 0.2) is 12.3 Å². The van der Waals surface area contributed by atoms with Crippen molar-refractivity contribution in [3.63, 3.8) is 0 Å². The molecule has 0 unspecified atom stereocenters. The molecule has 3 N–H and O–H groups in total. The lowest BCUT2D eigenvalue weighted by Gasteiger charge is -2.31. The van der Waals surface area contributed by atoms with Crippen LogP contribution >= 0.6 is 0 Å². The Bertz CT molecular complexity index is 105. The van der Waals surface area contributed by atoms with Crippen molar-refractivity contribution in [3.05, 3.63) is 12.3 Å². The van der Waals surface area contributed by atoms with Crippen molar-refractivity contribution in [2.75, 3.05) is 0 Å². The lowest BCUT2D eigenvalue weighted by atomic mass is 9.80. The van der Waals surface area contributed by atoms with Crippen LogP contribution in [-0.2, 0) is 0 Å². The summed E-state index contributed by atoms with van der Waals surface area (Å²) >= 11 is 0. The van der Waals surface area contributed by atoms with Crippen LogP contribution in [0.4, 0.5) is 0 Å². The van der Waals surface area contributed by atoms with Crippen LogP contribution in [0.25, 0.3) is 0 Å². The molecule has 0 aromatic carbocycles. The van der Waals surface area contributed by atoms with Crippen molar-refractivity contribution in [1.82, 2.24) is 0 Å². The standard InChI is InChI=1S/C6H11NO/c1-4(8)5-2-6(7)3-5/h5-6,8H,1-3,7H2. The van der Waals surface area contributed by atoms with E-state index < -0.39 is 0 Å². The summed E-state index contributed by atoms with van der Waals surface area (Å²) in [6.07, 6.45) is 1.82. The lowest BCUT2D eigenvalue weighted by molar-refractivity contribution is 0.220. The van der Waals surface area contributed by atoms with Crippen LogP contribution in [-0.4, -0.2) is 11.1 Å². The first-order chi connectivity index (χ1) is 3.70. The van der Waals surface area contributed by atoms with Gasteiger partial charge in [0, 0.05) is 12.0 Å². The molecule has 1 fully saturated rings. The molecule has 46 valence electrons. The Balaban J connectivity index is 2.25. The highest BCUT2D eigenvalue weighted by atomic mass is 16.3. The summed E-state index contributed by atoms with van der Waals surface area (Å²) in [6.45, 7) is 3.41. The third-order valence-electron chi connectivity index (χ3n) is 1.65. The van der Waals surface area contributed by atoms with Gasteiger partial charge in [0.05, 0.1) is 5.76 Å². The van der Waals surface area contributed by atoms with Crippen LogP contribution < -0.4 is 5.73 Å². The quantitative estimate of drug-likeness (QED) is 0.494. The molecule has 1 rings (SSSR count). The minimum Gasteiger partial charge on any atom is -0.513 e. The molecule has 1 aliphatic carbocycles. The molecule has 1 saturated carbocycles. The summed E-state index contributed by atoms with van der Waals surface area (Å²) in [5, 5.41) is 8.74. The van der Waals surface area contributed by atoms with Gasteiger partial charge in [0.25, 0.3) is 0 Å². The second-order valence-electron chi connectivity index (χ2n) is 2.42. The molecule has 0 atom stereocenters. The van der Waals surface area contributed by atoms with E-state index in [9.17, 15) is 0 Å². The fourth-order valence-corrected chi connectivity index (χ4v) is 0.934. The Morgan fingerprint density at radius 3 is 2.25 bits per heavy atom. The number of allylic oxidation sites excluding steroid dienone is 1. The van der Waals surface area contributed by atoms with Crippen molar-refractivity contribution in [3.8, 4) is 0 Å². The van der Waals surface area contributed by atoms with Gasteiger partial charge in [-0.3, -0.25) is 0 Å². The maximum absolute atomic E-state index is 8.74. The van der Waals surface area contributed by atoms with E-state index >= 15 is 0 Å². The summed E-state index contributed by atoms with van der Waals surface area (Å²) in [5.41, 5.74) is 5.45. The summed E-state index contributed by atoms with van der Waals surface area (Å²) < 4.78 is 0. The SMILES string of the molecule is C=C(O)C1CC(N)C1. The Kier molecular flexibility index (Phi) is 1.26. The van der Waals surface area contributed by atoms with E-state index in [1.807, 2.05) is 0 Å². The van der Waals surface area contributed by atoms with E-state index in [0.29, 0.717) is 17.7 Å². The Morgan fingerprint density at radius 1 is 1.62 bits per heavy atom. The second-order valence-corrected chi connectivity index (χ2v) is 2.42. The van der Waals surface area contributed by atoms with Gasteiger partial charge in [0.1, 0.15) is 0 Å². The first kappa shape index (κ1) is 5.63. The molecule has 0 bridgehead atoms. The molecule has 2 nitrogen and oxygen atoms in total. The zero-order valence-corrected chi connectivity index (χ0v) is 4.80. The van der Waals surface area contributed by atoms with Gasteiger partial charge < -0.3 is 10.8 Å². The van der Waals surface area contributed by atoms with Gasteiger partial charge in [-0.25, -0.2) is 0 Å². The zero-order valence-electron chi connectivity index (χ0n) is 4.80. The molecule has 0 heterocycles. The predicted molar refractivity (Wildman–Crippen MR) is 32.5 cm³/mol. The molecular formula is C6H11NO. The Hall–Kier alpha value is -0.500. The molecule has 0 spiro atoms. The van der Waals surface area contributed by atoms with E-state index in [0.717, 1.165) is 12.8 Å². The summed E-state index contributed by atoms with van der Waals surface area (Å²) in [4.78, 5) is 0. The van der Waals surface area contributed by atoms with Crippen LogP contribution in [0, 0.1) is 5.92 Å². The fraction of sp³-hybridized carbons (Fsp3) is 0.667. The maximum Gasteiger partial charge on any atom is 0.0883 e. The molecule has 0 radical (unpaired) electrons. The highest BCUT2D eigenvalue weighted by Gasteiger charge is 2.27. The number of rotatable bonds is 1. The molecule has 2 heteroatoms. The van der Waals surface area contributed by atoms with Gasteiger partial charge in [-0.1, -0.05) is 6.58 Å². The van der Waals surface area contributed by atoms with Gasteiger partial charge in [-0.15, -0.1) is 0 Å². The number of nitrogens with two attached hydrogens (primary N) is 1. The average Bonchev–Trinajstić information content (AvgIpc) is 1.57. The zero-order chi connectivity index (χ0) is 6.15. The molecular weight excluding hydrogens is 102 g/mol. The predicted octanol–water partition coefficient (Wildman–Crippen LogP) is 0.795. The van der Waals surface area contributed by atoms with Gasteiger partial charge in [-0.2, -0.15) is 0 Å². The minimum atomic E-state index is 0.296. The van der Waals surface area contributed by atoms with E-state index in [2.05, 4.69) is 6.58 Å². The molecule has 0 amide bonds. The largest absolute Gasteiger partial charge is 0.513 e. The topological polar surface area (TPSA) is 46.2 Å². The third kappa shape index (κ3) is 0.842. The Morgan fingerprint density at radius 2 is 2.12 bits per heavy atom. The van der Waals surface area contributed by atoms with Crippen molar-refractivity contribution in [1.29, 1.82) is 0 Å². The van der Waals surface area contributed by atoms with Crippen molar-refractivity contribution in [2.24, 2.45) is 11.7 Å². The third-order valence-corrected chi connectivity index (χ3v) is 1.65. The van der Waals surface area contributed by atoms with Crippen molar-refractivity contribution >= 4 is 0 Å². The van der Waals surface area contributed by atoms with E-state index in [1.54, 1.807) is 0 Å². The van der Waals surface area contributed by atoms with Gasteiger partial charge in [0.15, 0.2) is 0 Å². The second kappa shape index (κ2) is 1.78. The van der Waals surface area contributed by atoms with Crippen LogP contribution in [0.2, 0.25) is 0 Å². The lowest BCUT2D eigenvalue weighted by Crippen LogP contribution is -2.36. The molecule has 0 saturated heterocycles. The van der Waals surface area contributed by atoms with E-state index in [1.165, 1.54) is 0 Å². The monoisotopic (exact) mass is 113 g/mol. The average molecular weight is 113 g/mol. The molecule has 0 aromatic heterocycles. The highest BCUT2D eigenvalue weighted by molar-refractivity contribution is 4.98. The van der Waals surface area contributed by atoms with E-state index in [-0.39, 0.29) is 0 Å². The van der Waals surface area contributed by atoms with Crippen LogP contribution in [0.5, 0.6) is 0 Å². The molecule has 1 aliphatic rings. The molecule has 0 aliphatic heterocycles. The van der Waals surface area contributed by atoms with Crippen LogP contribution in [0.3, 0.4) is 0 Å². The van der Waals surface area contributed by atoms with Crippen molar-refractivity contribution in [2.45, 2.75) is 18.9 Å². The maximum atomic E-state index is 8.74. The first-order valence-electron chi connectivity index (χ1n) is 2.83. The minimum absolute atomic E-state index is 0.296. The smallest absolute Gasteiger partial charge is 0.0883 e. The summed E-state index contributed by atoms with van der Waals surface area (Å²) in [7, 11) is 0. The molecule has 8 heavy (non-hydrogen) atoms. The summed E-state index contributed by atoms with van der Waals surface area (Å²) in [6, 6.07) is 0.309. The fourth-order valence-electron chi connectivity index (χ4n) is 0.934. The van der Waals surface area contributed by atoms with Gasteiger partial charge in [-0.05, 0) is 12.8 Å². The number of aliphatic hydroxyl groups excluding tert-OH is 1. The normalized spacial score (nSPS) is 36.1. The van der Waals surface area contributed by atoms with Gasteiger partial charge in [0.2, 0.25) is 0 Å².